The molecule has 3 rings (SSSR count). The molecular weight excluding hydrogens is 436 g/mol. The van der Waals surface area contributed by atoms with Gasteiger partial charge in [-0.1, -0.05) is 35.9 Å². The van der Waals surface area contributed by atoms with Gasteiger partial charge in [0.1, 0.15) is 0 Å². The second-order valence-corrected chi connectivity index (χ2v) is 8.29. The van der Waals surface area contributed by atoms with E-state index in [0.29, 0.717) is 18.7 Å². The number of nitrogens with one attached hydrogen (secondary N) is 1. The molecule has 1 aliphatic heterocycles. The number of aryl methyl sites for hydroxylation is 2. The van der Waals surface area contributed by atoms with Gasteiger partial charge in [-0.15, -0.1) is 0 Å². The van der Waals surface area contributed by atoms with Gasteiger partial charge in [0, 0.05) is 36.7 Å². The Morgan fingerprint density at radius 2 is 1.74 bits per heavy atom. The minimum absolute atomic E-state index is 0.0145. The molecule has 0 unspecified atom stereocenters. The van der Waals surface area contributed by atoms with Gasteiger partial charge in [0.25, 0.3) is 5.69 Å². The molecule has 34 heavy (non-hydrogen) atoms. The van der Waals surface area contributed by atoms with Gasteiger partial charge in [-0.2, -0.15) is 0 Å². The average molecular weight is 467 g/mol. The SMILES string of the molecule is CCOC(=O)C1=C(Cc2ccc([N+](=O)[O-])cc2)NC[C@@H](c2cc(C)ccc2C)[C@@H]1C(=O)OCC. The van der Waals surface area contributed by atoms with Crippen molar-refractivity contribution in [3.05, 3.63) is 86.1 Å². The van der Waals surface area contributed by atoms with E-state index >= 15 is 0 Å². The Morgan fingerprint density at radius 3 is 2.35 bits per heavy atom. The molecule has 0 radical (unpaired) electrons. The van der Waals surface area contributed by atoms with E-state index in [9.17, 15) is 19.7 Å². The number of carbonyl (C=O) groups excluding carboxylic acids is 2. The summed E-state index contributed by atoms with van der Waals surface area (Å²) in [4.78, 5) is 36.9. The molecule has 0 saturated heterocycles. The summed E-state index contributed by atoms with van der Waals surface area (Å²) in [6.45, 7) is 8.20. The number of carbonyl (C=O) groups is 2. The Kier molecular flexibility index (Phi) is 8.04. The van der Waals surface area contributed by atoms with Crippen LogP contribution < -0.4 is 5.32 Å². The highest BCUT2D eigenvalue weighted by Gasteiger charge is 2.43. The van der Waals surface area contributed by atoms with Crippen molar-refractivity contribution in [1.82, 2.24) is 5.32 Å². The molecule has 0 amide bonds. The summed E-state index contributed by atoms with van der Waals surface area (Å²) in [5.74, 6) is -2.20. The molecule has 0 spiro atoms. The topological polar surface area (TPSA) is 108 Å². The third-order valence-corrected chi connectivity index (χ3v) is 5.97. The number of hydrogen-bond acceptors (Lipinski definition) is 7. The molecule has 2 aromatic carbocycles. The number of ether oxygens (including phenoxy) is 2. The molecule has 1 N–H and O–H groups in total. The Labute approximate surface area is 199 Å². The first-order valence-corrected chi connectivity index (χ1v) is 11.4. The zero-order valence-corrected chi connectivity index (χ0v) is 19.9. The number of rotatable bonds is 8. The zero-order valence-electron chi connectivity index (χ0n) is 19.9. The van der Waals surface area contributed by atoms with Crippen molar-refractivity contribution in [1.29, 1.82) is 0 Å². The number of esters is 2. The minimum atomic E-state index is -0.839. The van der Waals surface area contributed by atoms with Crippen LogP contribution in [0.25, 0.3) is 0 Å². The third-order valence-electron chi connectivity index (χ3n) is 5.97. The van der Waals surface area contributed by atoms with Crippen LogP contribution in [-0.4, -0.2) is 36.6 Å². The van der Waals surface area contributed by atoms with Gasteiger partial charge in [0.05, 0.1) is 29.6 Å². The highest BCUT2D eigenvalue weighted by atomic mass is 16.6. The maximum atomic E-state index is 13.2. The molecule has 0 fully saturated rings. The second-order valence-electron chi connectivity index (χ2n) is 8.29. The number of non-ortho nitro benzene ring substituents is 1. The van der Waals surface area contributed by atoms with Crippen LogP contribution in [0.4, 0.5) is 5.69 Å². The van der Waals surface area contributed by atoms with Crippen LogP contribution in [0.1, 0.15) is 42.0 Å². The predicted octanol–water partition coefficient (Wildman–Crippen LogP) is 4.14. The molecular formula is C26H30N2O6. The molecule has 180 valence electrons. The van der Waals surface area contributed by atoms with Crippen LogP contribution in [0.3, 0.4) is 0 Å². The quantitative estimate of drug-likeness (QED) is 0.354. The fourth-order valence-electron chi connectivity index (χ4n) is 4.35. The van der Waals surface area contributed by atoms with Crippen molar-refractivity contribution in [2.45, 2.75) is 40.0 Å². The van der Waals surface area contributed by atoms with E-state index in [-0.39, 0.29) is 30.4 Å². The van der Waals surface area contributed by atoms with E-state index in [1.807, 2.05) is 32.0 Å². The summed E-state index contributed by atoms with van der Waals surface area (Å²) < 4.78 is 10.8. The van der Waals surface area contributed by atoms with Crippen LogP contribution in [0, 0.1) is 29.9 Å². The minimum Gasteiger partial charge on any atom is -0.465 e. The van der Waals surface area contributed by atoms with E-state index in [1.54, 1.807) is 26.0 Å². The Hall–Kier alpha value is -3.68. The lowest BCUT2D eigenvalue weighted by molar-refractivity contribution is -0.384. The fraction of sp³-hybridized carbons (Fsp3) is 0.385. The van der Waals surface area contributed by atoms with E-state index < -0.39 is 22.8 Å². The molecule has 0 aromatic heterocycles. The molecule has 1 aliphatic rings. The molecule has 0 aliphatic carbocycles. The number of hydrogen-bond donors (Lipinski definition) is 1. The largest absolute Gasteiger partial charge is 0.465 e. The summed E-state index contributed by atoms with van der Waals surface area (Å²) in [6.07, 6.45) is 0.293. The number of nitro groups is 1. The molecule has 0 bridgehead atoms. The Morgan fingerprint density at radius 1 is 1.06 bits per heavy atom. The highest BCUT2D eigenvalue weighted by Crippen LogP contribution is 2.38. The van der Waals surface area contributed by atoms with Crippen LogP contribution >= 0.6 is 0 Å². The number of allylic oxidation sites excluding steroid dienone is 1. The number of benzene rings is 2. The molecule has 2 atom stereocenters. The maximum absolute atomic E-state index is 13.2. The van der Waals surface area contributed by atoms with Gasteiger partial charge < -0.3 is 14.8 Å². The lowest BCUT2D eigenvalue weighted by Gasteiger charge is -2.35. The summed E-state index contributed by atoms with van der Waals surface area (Å²) in [5, 5.41) is 14.3. The van der Waals surface area contributed by atoms with Gasteiger partial charge in [-0.3, -0.25) is 14.9 Å². The van der Waals surface area contributed by atoms with E-state index in [4.69, 9.17) is 9.47 Å². The number of nitrogens with zero attached hydrogens (tertiary/aromatic N) is 1. The smallest absolute Gasteiger partial charge is 0.336 e. The van der Waals surface area contributed by atoms with Crippen LogP contribution in [-0.2, 0) is 25.5 Å². The number of nitro benzene ring substituents is 1. The van der Waals surface area contributed by atoms with E-state index in [0.717, 1.165) is 22.3 Å². The van der Waals surface area contributed by atoms with Crippen molar-refractivity contribution in [2.24, 2.45) is 5.92 Å². The van der Waals surface area contributed by atoms with E-state index in [1.165, 1.54) is 12.1 Å². The Balaban J connectivity index is 2.11. The summed E-state index contributed by atoms with van der Waals surface area (Å²) in [6, 6.07) is 12.2. The Bertz CT molecular complexity index is 1110. The first-order valence-electron chi connectivity index (χ1n) is 11.4. The van der Waals surface area contributed by atoms with Crippen molar-refractivity contribution < 1.29 is 24.0 Å². The molecule has 1 heterocycles. The van der Waals surface area contributed by atoms with Crippen molar-refractivity contribution in [2.75, 3.05) is 19.8 Å². The third kappa shape index (κ3) is 5.44. The lowest BCUT2D eigenvalue weighted by atomic mass is 9.75. The zero-order chi connectivity index (χ0) is 24.8. The normalized spacial score (nSPS) is 17.6. The van der Waals surface area contributed by atoms with Gasteiger partial charge in [0.15, 0.2) is 0 Å². The molecule has 2 aromatic rings. The average Bonchev–Trinajstić information content (AvgIpc) is 2.81. The van der Waals surface area contributed by atoms with Gasteiger partial charge in [0.2, 0.25) is 0 Å². The predicted molar refractivity (Wildman–Crippen MR) is 127 cm³/mol. The van der Waals surface area contributed by atoms with E-state index in [2.05, 4.69) is 5.32 Å². The van der Waals surface area contributed by atoms with Crippen molar-refractivity contribution in [3.63, 3.8) is 0 Å². The van der Waals surface area contributed by atoms with Gasteiger partial charge in [-0.05, 0) is 44.4 Å². The fourth-order valence-corrected chi connectivity index (χ4v) is 4.35. The summed E-state index contributed by atoms with van der Waals surface area (Å²) >= 11 is 0. The molecule has 0 saturated carbocycles. The molecule has 8 heteroatoms. The van der Waals surface area contributed by atoms with Crippen LogP contribution in [0.5, 0.6) is 0 Å². The summed E-state index contributed by atoms with van der Waals surface area (Å²) in [7, 11) is 0. The van der Waals surface area contributed by atoms with Crippen LogP contribution in [0.15, 0.2) is 53.7 Å². The highest BCUT2D eigenvalue weighted by molar-refractivity contribution is 5.97. The van der Waals surface area contributed by atoms with Crippen molar-refractivity contribution in [3.8, 4) is 0 Å². The summed E-state index contributed by atoms with van der Waals surface area (Å²) in [5.41, 5.74) is 4.61. The molecule has 8 nitrogen and oxygen atoms in total. The second kappa shape index (κ2) is 11.0. The first kappa shape index (κ1) is 25.0. The van der Waals surface area contributed by atoms with Gasteiger partial charge >= 0.3 is 11.9 Å². The van der Waals surface area contributed by atoms with Crippen LogP contribution in [0.2, 0.25) is 0 Å². The lowest BCUT2D eigenvalue weighted by Crippen LogP contribution is -2.42. The first-order chi connectivity index (χ1) is 16.3. The van der Waals surface area contributed by atoms with Gasteiger partial charge in [-0.25, -0.2) is 4.79 Å². The standard InChI is InChI=1S/C26H30N2O6/c1-5-33-25(29)23-21(20-13-16(3)7-8-17(20)4)15-27-22(24(23)26(30)34-6-2)14-18-9-11-19(12-10-18)28(31)32/h7-13,21,23,27H,5-6,14-15H2,1-4H3/t21-,23-/m0/s1. The van der Waals surface area contributed by atoms with Crippen molar-refractivity contribution >= 4 is 17.6 Å². The maximum Gasteiger partial charge on any atom is 0.336 e. The monoisotopic (exact) mass is 466 g/mol.